The molecule has 4 nitrogen and oxygen atoms in total. The first-order valence-electron chi connectivity index (χ1n) is 6.81. The van der Waals surface area contributed by atoms with Gasteiger partial charge in [0.2, 0.25) is 0 Å². The van der Waals surface area contributed by atoms with Gasteiger partial charge in [-0.3, -0.25) is 4.79 Å². The van der Waals surface area contributed by atoms with E-state index in [-0.39, 0.29) is 17.9 Å². The molecule has 0 bridgehead atoms. The van der Waals surface area contributed by atoms with Gasteiger partial charge in [-0.1, -0.05) is 0 Å². The van der Waals surface area contributed by atoms with Crippen molar-refractivity contribution in [3.05, 3.63) is 29.8 Å². The summed E-state index contributed by atoms with van der Waals surface area (Å²) in [6.45, 7) is 3.39. The van der Waals surface area contributed by atoms with Crippen LogP contribution >= 0.6 is 0 Å². The van der Waals surface area contributed by atoms with E-state index in [1.807, 2.05) is 6.92 Å². The van der Waals surface area contributed by atoms with Crippen molar-refractivity contribution in [3.63, 3.8) is 0 Å². The Bertz CT molecular complexity index is 424. The van der Waals surface area contributed by atoms with Crippen LogP contribution in [0.1, 0.15) is 36.5 Å². The molecule has 1 fully saturated rings. The Balaban J connectivity index is 1.86. The monoisotopic (exact) mass is 263 g/mol. The number of carbonyl (C=O) groups excluding carboxylic acids is 1. The number of aliphatic hydroxyl groups is 1. The predicted molar refractivity (Wildman–Crippen MR) is 73.3 cm³/mol. The number of rotatable bonds is 7. The molecule has 0 spiro atoms. The van der Waals surface area contributed by atoms with Crippen LogP contribution in [0.3, 0.4) is 0 Å². The maximum absolute atomic E-state index is 12.0. The molecule has 19 heavy (non-hydrogen) atoms. The lowest BCUT2D eigenvalue weighted by atomic mass is 10.0. The fraction of sp³-hybridized carbons (Fsp3) is 0.533. The zero-order valence-electron chi connectivity index (χ0n) is 11.3. The summed E-state index contributed by atoms with van der Waals surface area (Å²) in [4.78, 5) is 12.0. The smallest absolute Gasteiger partial charge is 0.251 e. The van der Waals surface area contributed by atoms with Crippen LogP contribution in [0.2, 0.25) is 0 Å². The highest BCUT2D eigenvalue weighted by Gasteiger charge is 2.41. The number of nitrogens with one attached hydrogen (secondary N) is 1. The van der Waals surface area contributed by atoms with Gasteiger partial charge >= 0.3 is 0 Å². The molecule has 4 heteroatoms. The van der Waals surface area contributed by atoms with Gasteiger partial charge in [-0.15, -0.1) is 0 Å². The third kappa shape index (κ3) is 3.70. The average Bonchev–Trinajstić information content (AvgIpc) is 3.18. The van der Waals surface area contributed by atoms with Crippen molar-refractivity contribution < 1.29 is 14.6 Å². The topological polar surface area (TPSA) is 58.6 Å². The quantitative estimate of drug-likeness (QED) is 0.791. The second-order valence-corrected chi connectivity index (χ2v) is 5.11. The first-order chi connectivity index (χ1) is 9.19. The number of carbonyl (C=O) groups is 1. The van der Waals surface area contributed by atoms with Crippen molar-refractivity contribution in [1.29, 1.82) is 0 Å². The van der Waals surface area contributed by atoms with Gasteiger partial charge in [-0.05, 0) is 55.9 Å². The Labute approximate surface area is 113 Å². The van der Waals surface area contributed by atoms with Crippen LogP contribution in [0, 0.1) is 5.41 Å². The highest BCUT2D eigenvalue weighted by atomic mass is 16.5. The highest BCUT2D eigenvalue weighted by Crippen LogP contribution is 2.47. The summed E-state index contributed by atoms with van der Waals surface area (Å²) >= 11 is 0. The molecule has 0 radical (unpaired) electrons. The first kappa shape index (κ1) is 13.9. The van der Waals surface area contributed by atoms with Gasteiger partial charge in [-0.2, -0.15) is 0 Å². The zero-order valence-corrected chi connectivity index (χ0v) is 11.3. The molecule has 0 aliphatic heterocycles. The van der Waals surface area contributed by atoms with Crippen LogP contribution in [-0.2, 0) is 0 Å². The zero-order chi connectivity index (χ0) is 13.7. The van der Waals surface area contributed by atoms with Crippen LogP contribution in [0.4, 0.5) is 0 Å². The minimum Gasteiger partial charge on any atom is -0.494 e. The highest BCUT2D eigenvalue weighted by molar-refractivity contribution is 5.94. The third-order valence-corrected chi connectivity index (χ3v) is 3.65. The molecular weight excluding hydrogens is 242 g/mol. The molecule has 1 amide bonds. The molecule has 1 saturated carbocycles. The lowest BCUT2D eigenvalue weighted by molar-refractivity contribution is 0.0941. The average molecular weight is 263 g/mol. The van der Waals surface area contributed by atoms with Crippen molar-refractivity contribution >= 4 is 5.91 Å². The second kappa shape index (κ2) is 6.06. The van der Waals surface area contributed by atoms with Gasteiger partial charge in [0.15, 0.2) is 0 Å². The van der Waals surface area contributed by atoms with Crippen molar-refractivity contribution in [1.82, 2.24) is 5.32 Å². The summed E-state index contributed by atoms with van der Waals surface area (Å²) in [5.74, 6) is 0.713. The molecule has 1 aliphatic carbocycles. The molecule has 0 heterocycles. The van der Waals surface area contributed by atoms with Gasteiger partial charge in [0.1, 0.15) is 5.75 Å². The third-order valence-electron chi connectivity index (χ3n) is 3.65. The molecular formula is C15H21NO3. The van der Waals surface area contributed by atoms with E-state index in [1.165, 1.54) is 0 Å². The molecule has 1 aromatic carbocycles. The van der Waals surface area contributed by atoms with E-state index in [4.69, 9.17) is 9.84 Å². The minimum atomic E-state index is -0.0627. The normalized spacial score (nSPS) is 15.9. The SMILES string of the molecule is CCOc1ccc(C(=O)NCC2(CCO)CC2)cc1. The van der Waals surface area contributed by atoms with Gasteiger partial charge in [0.05, 0.1) is 6.61 Å². The second-order valence-electron chi connectivity index (χ2n) is 5.11. The van der Waals surface area contributed by atoms with E-state index in [1.54, 1.807) is 24.3 Å². The number of hydrogen-bond acceptors (Lipinski definition) is 3. The summed E-state index contributed by atoms with van der Waals surface area (Å²) in [6, 6.07) is 7.15. The maximum Gasteiger partial charge on any atom is 0.251 e. The van der Waals surface area contributed by atoms with Crippen LogP contribution in [0.25, 0.3) is 0 Å². The number of benzene rings is 1. The van der Waals surface area contributed by atoms with Crippen molar-refractivity contribution in [3.8, 4) is 5.75 Å². The lowest BCUT2D eigenvalue weighted by Gasteiger charge is -2.14. The summed E-state index contributed by atoms with van der Waals surface area (Å²) < 4.78 is 5.34. The Kier molecular flexibility index (Phi) is 4.43. The van der Waals surface area contributed by atoms with Crippen LogP contribution < -0.4 is 10.1 Å². The molecule has 2 N–H and O–H groups in total. The van der Waals surface area contributed by atoms with Gasteiger partial charge in [0.25, 0.3) is 5.91 Å². The van der Waals surface area contributed by atoms with Crippen LogP contribution in [0.5, 0.6) is 5.75 Å². The van der Waals surface area contributed by atoms with Gasteiger partial charge in [-0.25, -0.2) is 0 Å². The molecule has 1 aromatic rings. The van der Waals surface area contributed by atoms with Crippen molar-refractivity contribution in [2.75, 3.05) is 19.8 Å². The summed E-state index contributed by atoms with van der Waals surface area (Å²) in [5.41, 5.74) is 0.790. The van der Waals surface area contributed by atoms with E-state index < -0.39 is 0 Å². The van der Waals surface area contributed by atoms with Crippen LogP contribution in [-0.4, -0.2) is 30.8 Å². The Morgan fingerprint density at radius 2 is 2.05 bits per heavy atom. The van der Waals surface area contributed by atoms with E-state index in [2.05, 4.69) is 5.32 Å². The molecule has 2 rings (SSSR count). The minimum absolute atomic E-state index is 0.0627. The maximum atomic E-state index is 12.0. The molecule has 1 aliphatic rings. The Morgan fingerprint density at radius 1 is 1.37 bits per heavy atom. The largest absolute Gasteiger partial charge is 0.494 e. The molecule has 0 atom stereocenters. The van der Waals surface area contributed by atoms with Crippen molar-refractivity contribution in [2.24, 2.45) is 5.41 Å². The summed E-state index contributed by atoms with van der Waals surface area (Å²) in [5, 5.41) is 11.9. The Hall–Kier alpha value is -1.55. The molecule has 0 unspecified atom stereocenters. The number of ether oxygens (including phenoxy) is 1. The van der Waals surface area contributed by atoms with E-state index in [0.717, 1.165) is 25.0 Å². The van der Waals surface area contributed by atoms with E-state index >= 15 is 0 Å². The van der Waals surface area contributed by atoms with Gasteiger partial charge < -0.3 is 15.2 Å². The predicted octanol–water partition coefficient (Wildman–Crippen LogP) is 1.98. The van der Waals surface area contributed by atoms with E-state index in [9.17, 15) is 4.79 Å². The number of aliphatic hydroxyl groups excluding tert-OH is 1. The summed E-state index contributed by atoms with van der Waals surface area (Å²) in [7, 11) is 0. The number of hydrogen-bond donors (Lipinski definition) is 2. The number of amides is 1. The lowest BCUT2D eigenvalue weighted by Crippen LogP contribution is -2.30. The molecule has 104 valence electrons. The molecule has 0 saturated heterocycles. The molecule has 0 aromatic heterocycles. The van der Waals surface area contributed by atoms with Gasteiger partial charge in [0, 0.05) is 18.7 Å². The summed E-state index contributed by atoms with van der Waals surface area (Å²) in [6.07, 6.45) is 2.96. The standard InChI is InChI=1S/C15H21NO3/c1-2-19-13-5-3-12(4-6-13)14(18)16-11-15(7-8-15)9-10-17/h3-6,17H,2,7-11H2,1H3,(H,16,18). The van der Waals surface area contributed by atoms with Crippen LogP contribution in [0.15, 0.2) is 24.3 Å². The first-order valence-corrected chi connectivity index (χ1v) is 6.81. The van der Waals surface area contributed by atoms with Crippen molar-refractivity contribution in [2.45, 2.75) is 26.2 Å². The van der Waals surface area contributed by atoms with E-state index in [0.29, 0.717) is 18.7 Å². The Morgan fingerprint density at radius 3 is 2.58 bits per heavy atom. The fourth-order valence-electron chi connectivity index (χ4n) is 2.17. The fourth-order valence-corrected chi connectivity index (χ4v) is 2.17.